The van der Waals surface area contributed by atoms with Crippen LogP contribution < -0.4 is 4.90 Å². The van der Waals surface area contributed by atoms with E-state index in [0.29, 0.717) is 0 Å². The Labute approximate surface area is 148 Å². The van der Waals surface area contributed by atoms with Crippen molar-refractivity contribution in [3.8, 4) is 0 Å². The van der Waals surface area contributed by atoms with Crippen molar-refractivity contribution in [1.82, 2.24) is 9.55 Å². The lowest BCUT2D eigenvalue weighted by atomic mass is 9.95. The molecule has 1 saturated heterocycles. The molecule has 0 bridgehead atoms. The Bertz CT molecular complexity index is 906. The fraction of sp³-hybridized carbons (Fsp3) is 0.333. The lowest BCUT2D eigenvalue weighted by Gasteiger charge is -2.33. The third-order valence-electron chi connectivity index (χ3n) is 5.37. The van der Waals surface area contributed by atoms with Gasteiger partial charge in [0.25, 0.3) is 0 Å². The zero-order chi connectivity index (χ0) is 17.4. The van der Waals surface area contributed by atoms with Crippen LogP contribution in [0.15, 0.2) is 48.8 Å². The van der Waals surface area contributed by atoms with Gasteiger partial charge in [0.15, 0.2) is 0 Å². The highest BCUT2D eigenvalue weighted by Gasteiger charge is 2.27. The van der Waals surface area contributed by atoms with Crippen molar-refractivity contribution in [2.45, 2.75) is 26.7 Å². The van der Waals surface area contributed by atoms with Crippen molar-refractivity contribution < 1.29 is 4.79 Å². The first-order valence-corrected chi connectivity index (χ1v) is 8.92. The second-order valence-corrected chi connectivity index (χ2v) is 6.97. The van der Waals surface area contributed by atoms with Crippen molar-refractivity contribution in [3.05, 3.63) is 59.9 Å². The zero-order valence-electron chi connectivity index (χ0n) is 14.8. The molecule has 128 valence electrons. The topological polar surface area (TPSA) is 38.1 Å². The maximum absolute atomic E-state index is 13.0. The second-order valence-electron chi connectivity index (χ2n) is 6.97. The molecular weight excluding hydrogens is 310 g/mol. The van der Waals surface area contributed by atoms with Crippen LogP contribution in [0.5, 0.6) is 0 Å². The number of aryl methyl sites for hydroxylation is 2. The van der Waals surface area contributed by atoms with E-state index in [2.05, 4.69) is 60.1 Å². The maximum atomic E-state index is 13.0. The molecule has 4 nitrogen and oxygen atoms in total. The third-order valence-corrected chi connectivity index (χ3v) is 5.37. The predicted octanol–water partition coefficient (Wildman–Crippen LogP) is 4.21. The van der Waals surface area contributed by atoms with E-state index in [4.69, 9.17) is 0 Å². The van der Waals surface area contributed by atoms with Gasteiger partial charge in [-0.2, -0.15) is 0 Å². The van der Waals surface area contributed by atoms with Crippen LogP contribution in [-0.2, 0) is 0 Å². The first-order valence-electron chi connectivity index (χ1n) is 8.92. The summed E-state index contributed by atoms with van der Waals surface area (Å²) >= 11 is 0. The van der Waals surface area contributed by atoms with Crippen LogP contribution in [0.3, 0.4) is 0 Å². The van der Waals surface area contributed by atoms with E-state index < -0.39 is 0 Å². The molecule has 0 aliphatic carbocycles. The number of hydrogen-bond acceptors (Lipinski definition) is 3. The molecule has 2 aromatic carbocycles. The van der Waals surface area contributed by atoms with E-state index in [-0.39, 0.29) is 11.8 Å². The van der Waals surface area contributed by atoms with Crippen LogP contribution in [0.25, 0.3) is 11.0 Å². The summed E-state index contributed by atoms with van der Waals surface area (Å²) in [6.45, 7) is 6.00. The van der Waals surface area contributed by atoms with Crippen molar-refractivity contribution in [2.75, 3.05) is 18.0 Å². The van der Waals surface area contributed by atoms with E-state index in [9.17, 15) is 4.79 Å². The summed E-state index contributed by atoms with van der Waals surface area (Å²) in [5, 5.41) is 0. The van der Waals surface area contributed by atoms with Gasteiger partial charge in [-0.1, -0.05) is 18.2 Å². The molecule has 25 heavy (non-hydrogen) atoms. The smallest absolute Gasteiger partial charge is 0.235 e. The van der Waals surface area contributed by atoms with E-state index in [1.807, 2.05) is 6.07 Å². The highest BCUT2D eigenvalue weighted by Crippen LogP contribution is 2.26. The predicted molar refractivity (Wildman–Crippen MR) is 101 cm³/mol. The van der Waals surface area contributed by atoms with E-state index in [1.54, 1.807) is 10.9 Å². The largest absolute Gasteiger partial charge is 0.371 e. The van der Waals surface area contributed by atoms with Gasteiger partial charge in [-0.25, -0.2) is 4.98 Å². The lowest BCUT2D eigenvalue weighted by Crippen LogP contribution is -2.37. The number of anilines is 1. The molecule has 0 N–H and O–H groups in total. The number of benzene rings is 2. The zero-order valence-corrected chi connectivity index (χ0v) is 14.8. The van der Waals surface area contributed by atoms with E-state index in [1.165, 1.54) is 16.8 Å². The van der Waals surface area contributed by atoms with Gasteiger partial charge >= 0.3 is 0 Å². The molecule has 3 aromatic rings. The number of imidazole rings is 1. The molecule has 0 saturated carbocycles. The molecule has 0 amide bonds. The SMILES string of the molecule is Cc1cc2ncn(C(=O)C3CCN(c4ccccc4)CC3)c2cc1C. The van der Waals surface area contributed by atoms with E-state index in [0.717, 1.165) is 37.0 Å². The van der Waals surface area contributed by atoms with Crippen LogP contribution in [0, 0.1) is 19.8 Å². The average Bonchev–Trinajstić information content (AvgIpc) is 3.05. The molecule has 1 fully saturated rings. The van der Waals surface area contributed by atoms with Crippen LogP contribution in [0.1, 0.15) is 28.8 Å². The highest BCUT2D eigenvalue weighted by atomic mass is 16.2. The summed E-state index contributed by atoms with van der Waals surface area (Å²) < 4.78 is 1.75. The number of carbonyl (C=O) groups excluding carboxylic acids is 1. The standard InChI is InChI=1S/C21H23N3O/c1-15-12-19-20(13-16(15)2)24(14-22-19)21(25)17-8-10-23(11-9-17)18-6-4-3-5-7-18/h3-7,12-14,17H,8-11H2,1-2H3. The first kappa shape index (κ1) is 15.9. The van der Waals surface area contributed by atoms with Gasteiger partial charge in [0.1, 0.15) is 6.33 Å². The van der Waals surface area contributed by atoms with Gasteiger partial charge in [-0.15, -0.1) is 0 Å². The molecule has 1 aliphatic rings. The molecular formula is C21H23N3O. The van der Waals surface area contributed by atoms with Crippen LogP contribution in [0.4, 0.5) is 5.69 Å². The van der Waals surface area contributed by atoms with Crippen LogP contribution in [-0.4, -0.2) is 28.5 Å². The summed E-state index contributed by atoms with van der Waals surface area (Å²) in [6.07, 6.45) is 3.46. The van der Waals surface area contributed by atoms with Gasteiger partial charge < -0.3 is 4.90 Å². The summed E-state index contributed by atoms with van der Waals surface area (Å²) in [5.74, 6) is 0.248. The monoisotopic (exact) mass is 333 g/mol. The van der Waals surface area contributed by atoms with Gasteiger partial charge in [0, 0.05) is 24.7 Å². The number of fused-ring (bicyclic) bond motifs is 1. The van der Waals surface area contributed by atoms with Crippen molar-refractivity contribution in [3.63, 3.8) is 0 Å². The minimum absolute atomic E-state index is 0.0685. The summed E-state index contributed by atoms with van der Waals surface area (Å²) in [6, 6.07) is 14.6. The molecule has 0 spiro atoms. The number of hydrogen-bond donors (Lipinski definition) is 0. The maximum Gasteiger partial charge on any atom is 0.235 e. The molecule has 0 radical (unpaired) electrons. The Kier molecular flexibility index (Phi) is 4.04. The minimum Gasteiger partial charge on any atom is -0.371 e. The summed E-state index contributed by atoms with van der Waals surface area (Å²) in [7, 11) is 0. The second kappa shape index (κ2) is 6.36. The molecule has 1 aromatic heterocycles. The fourth-order valence-electron chi connectivity index (χ4n) is 3.66. The molecule has 1 aliphatic heterocycles. The molecule has 4 rings (SSSR count). The Morgan fingerprint density at radius 3 is 2.44 bits per heavy atom. The summed E-state index contributed by atoms with van der Waals surface area (Å²) in [5.41, 5.74) is 5.48. The number of para-hydroxylation sites is 1. The Morgan fingerprint density at radius 2 is 1.72 bits per heavy atom. The van der Waals surface area contributed by atoms with Gasteiger partial charge in [-0.3, -0.25) is 9.36 Å². The van der Waals surface area contributed by atoms with Crippen LogP contribution >= 0.6 is 0 Å². The third kappa shape index (κ3) is 2.93. The number of piperidine rings is 1. The molecule has 2 heterocycles. The Morgan fingerprint density at radius 1 is 1.04 bits per heavy atom. The van der Waals surface area contributed by atoms with Crippen LogP contribution in [0.2, 0.25) is 0 Å². The average molecular weight is 333 g/mol. The normalized spacial score (nSPS) is 15.7. The lowest BCUT2D eigenvalue weighted by molar-refractivity contribution is 0.0818. The quantitative estimate of drug-likeness (QED) is 0.705. The highest BCUT2D eigenvalue weighted by molar-refractivity contribution is 5.92. The minimum atomic E-state index is 0.0685. The molecule has 0 atom stereocenters. The number of nitrogens with zero attached hydrogens (tertiary/aromatic N) is 3. The van der Waals surface area contributed by atoms with E-state index >= 15 is 0 Å². The van der Waals surface area contributed by atoms with Gasteiger partial charge in [0.05, 0.1) is 11.0 Å². The Balaban J connectivity index is 1.52. The first-order chi connectivity index (χ1) is 12.1. The van der Waals surface area contributed by atoms with Gasteiger partial charge in [-0.05, 0) is 62.1 Å². The number of rotatable bonds is 2. The van der Waals surface area contributed by atoms with Gasteiger partial charge in [0.2, 0.25) is 5.91 Å². The summed E-state index contributed by atoms with van der Waals surface area (Å²) in [4.78, 5) is 19.8. The van der Waals surface area contributed by atoms with Crippen molar-refractivity contribution in [1.29, 1.82) is 0 Å². The molecule has 4 heteroatoms. The van der Waals surface area contributed by atoms with Crippen molar-refractivity contribution in [2.24, 2.45) is 5.92 Å². The Hall–Kier alpha value is -2.62. The molecule has 0 unspecified atom stereocenters. The number of carbonyl (C=O) groups is 1. The fourth-order valence-corrected chi connectivity index (χ4v) is 3.66. The number of aromatic nitrogens is 2. The van der Waals surface area contributed by atoms with Crippen molar-refractivity contribution >= 4 is 22.6 Å².